The van der Waals surface area contributed by atoms with Crippen molar-refractivity contribution in [2.45, 2.75) is 71.3 Å². The molecule has 0 bridgehead atoms. The van der Waals surface area contributed by atoms with Crippen molar-refractivity contribution in [3.8, 4) is 5.75 Å². The molecule has 3 aliphatic carbocycles. The summed E-state index contributed by atoms with van der Waals surface area (Å²) >= 11 is 0. The van der Waals surface area contributed by atoms with Crippen LogP contribution in [0.4, 0.5) is 0 Å². The zero-order chi connectivity index (χ0) is 19.6. The van der Waals surface area contributed by atoms with Crippen molar-refractivity contribution in [3.05, 3.63) is 29.3 Å². The van der Waals surface area contributed by atoms with Gasteiger partial charge in [-0.1, -0.05) is 13.0 Å². The van der Waals surface area contributed by atoms with Crippen molar-refractivity contribution in [3.63, 3.8) is 0 Å². The van der Waals surface area contributed by atoms with Gasteiger partial charge in [0.1, 0.15) is 12.5 Å². The Labute approximate surface area is 169 Å². The molecule has 0 radical (unpaired) electrons. The fraction of sp³-hybridized carbons (Fsp3) is 0.750. The number of fused-ring (bicyclic) bond motifs is 5. The van der Waals surface area contributed by atoms with Gasteiger partial charge < -0.3 is 18.9 Å². The van der Waals surface area contributed by atoms with Crippen molar-refractivity contribution in [1.82, 2.24) is 0 Å². The van der Waals surface area contributed by atoms with Crippen LogP contribution in [0.1, 0.15) is 69.9 Å². The molecule has 1 aromatic carbocycles. The van der Waals surface area contributed by atoms with Crippen molar-refractivity contribution in [2.75, 3.05) is 26.8 Å². The SMILES string of the molecule is CCOCOc1ccc2c(c1)CC[C@@H]1[C@@H]2CC[C@]2(C)[C@@H](OCOCC)CC[C@@H]12. The van der Waals surface area contributed by atoms with E-state index in [1.807, 2.05) is 13.8 Å². The van der Waals surface area contributed by atoms with Crippen LogP contribution in [0.2, 0.25) is 0 Å². The largest absolute Gasteiger partial charge is 0.468 e. The maximum atomic E-state index is 6.18. The van der Waals surface area contributed by atoms with Crippen LogP contribution in [0, 0.1) is 17.3 Å². The molecule has 0 saturated heterocycles. The molecule has 4 nitrogen and oxygen atoms in total. The highest BCUT2D eigenvalue weighted by Gasteiger charge is 2.55. The predicted octanol–water partition coefficient (Wildman–Crippen LogP) is 5.29. The van der Waals surface area contributed by atoms with E-state index in [9.17, 15) is 0 Å². The summed E-state index contributed by atoms with van der Waals surface area (Å²) in [7, 11) is 0. The summed E-state index contributed by atoms with van der Waals surface area (Å²) in [5.41, 5.74) is 3.37. The Hall–Kier alpha value is -1.10. The summed E-state index contributed by atoms with van der Waals surface area (Å²) in [5, 5.41) is 0. The number of aryl methyl sites for hydroxylation is 1. The normalized spacial score (nSPS) is 33.8. The molecule has 4 heteroatoms. The van der Waals surface area contributed by atoms with Crippen LogP contribution in [-0.4, -0.2) is 32.9 Å². The molecule has 0 heterocycles. The highest BCUT2D eigenvalue weighted by Crippen LogP contribution is 2.61. The van der Waals surface area contributed by atoms with E-state index in [-0.39, 0.29) is 0 Å². The molecule has 0 spiro atoms. The van der Waals surface area contributed by atoms with Gasteiger partial charge in [0.2, 0.25) is 0 Å². The van der Waals surface area contributed by atoms with Gasteiger partial charge in [0.05, 0.1) is 6.10 Å². The molecule has 0 aliphatic heterocycles. The van der Waals surface area contributed by atoms with Gasteiger partial charge in [0.15, 0.2) is 6.79 Å². The fourth-order valence-corrected chi connectivity index (χ4v) is 6.28. The first-order chi connectivity index (χ1) is 13.7. The van der Waals surface area contributed by atoms with Crippen molar-refractivity contribution in [1.29, 1.82) is 0 Å². The summed E-state index contributed by atoms with van der Waals surface area (Å²) in [6, 6.07) is 6.71. The van der Waals surface area contributed by atoms with Gasteiger partial charge in [0.25, 0.3) is 0 Å². The average molecular weight is 389 g/mol. The number of ether oxygens (including phenoxy) is 4. The standard InChI is InChI=1S/C24H36O4/c1-4-25-15-27-18-7-9-19-17(14-18)6-8-21-20(19)12-13-24(3)22(21)10-11-23(24)28-16-26-5-2/h7,9,14,20-23H,4-6,8,10-13,15-16H2,1-3H3/t20-,21-,22+,23+,24+/m1/s1. The Bertz CT molecular complexity index is 660. The Kier molecular flexibility index (Phi) is 6.29. The fourth-order valence-electron chi connectivity index (χ4n) is 6.28. The molecule has 0 N–H and O–H groups in total. The van der Waals surface area contributed by atoms with E-state index >= 15 is 0 Å². The third-order valence-electron chi connectivity index (χ3n) is 7.68. The molecular formula is C24H36O4. The predicted molar refractivity (Wildman–Crippen MR) is 110 cm³/mol. The summed E-state index contributed by atoms with van der Waals surface area (Å²) in [4.78, 5) is 0. The second kappa shape index (κ2) is 8.73. The second-order valence-corrected chi connectivity index (χ2v) is 8.92. The molecule has 4 rings (SSSR count). The van der Waals surface area contributed by atoms with E-state index in [0.717, 1.165) is 24.2 Å². The third kappa shape index (κ3) is 3.71. The molecule has 0 unspecified atom stereocenters. The smallest absolute Gasteiger partial charge is 0.189 e. The number of rotatable bonds is 8. The summed E-state index contributed by atoms with van der Waals surface area (Å²) in [6.45, 7) is 8.70. The van der Waals surface area contributed by atoms with E-state index in [2.05, 4.69) is 25.1 Å². The van der Waals surface area contributed by atoms with Crippen LogP contribution in [0.3, 0.4) is 0 Å². The lowest BCUT2D eigenvalue weighted by molar-refractivity contribution is -0.133. The van der Waals surface area contributed by atoms with E-state index in [1.165, 1.54) is 44.1 Å². The molecule has 28 heavy (non-hydrogen) atoms. The first-order valence-corrected chi connectivity index (χ1v) is 11.2. The van der Waals surface area contributed by atoms with Crippen LogP contribution in [0.25, 0.3) is 0 Å². The van der Waals surface area contributed by atoms with Gasteiger partial charge >= 0.3 is 0 Å². The lowest BCUT2D eigenvalue weighted by atomic mass is 9.55. The Morgan fingerprint density at radius 1 is 1.00 bits per heavy atom. The molecule has 156 valence electrons. The molecule has 0 aromatic heterocycles. The minimum atomic E-state index is 0.316. The van der Waals surface area contributed by atoms with Gasteiger partial charge in [-0.2, -0.15) is 0 Å². The minimum absolute atomic E-state index is 0.316. The maximum absolute atomic E-state index is 6.18. The van der Waals surface area contributed by atoms with Gasteiger partial charge in [-0.25, -0.2) is 0 Å². The van der Waals surface area contributed by atoms with Crippen LogP contribution < -0.4 is 4.74 Å². The highest BCUT2D eigenvalue weighted by molar-refractivity contribution is 5.40. The zero-order valence-corrected chi connectivity index (χ0v) is 17.7. The van der Waals surface area contributed by atoms with E-state index in [1.54, 1.807) is 5.56 Å². The number of hydrogen-bond donors (Lipinski definition) is 0. The summed E-state index contributed by atoms with van der Waals surface area (Å²) in [5.74, 6) is 3.21. The molecule has 0 amide bonds. The Balaban J connectivity index is 1.46. The molecule has 2 saturated carbocycles. The molecular weight excluding hydrogens is 352 g/mol. The Morgan fingerprint density at radius 2 is 1.82 bits per heavy atom. The molecule has 5 atom stereocenters. The Morgan fingerprint density at radius 3 is 2.64 bits per heavy atom. The van der Waals surface area contributed by atoms with E-state index < -0.39 is 0 Å². The quantitative estimate of drug-likeness (QED) is 0.448. The van der Waals surface area contributed by atoms with Crippen molar-refractivity contribution >= 4 is 0 Å². The summed E-state index contributed by atoms with van der Waals surface area (Å²) < 4.78 is 22.7. The molecule has 3 aliphatic rings. The first kappa shape index (κ1) is 20.2. The van der Waals surface area contributed by atoms with Crippen molar-refractivity contribution in [2.24, 2.45) is 17.3 Å². The monoisotopic (exact) mass is 388 g/mol. The van der Waals surface area contributed by atoms with Crippen LogP contribution in [0.5, 0.6) is 5.75 Å². The van der Waals surface area contributed by atoms with Crippen LogP contribution >= 0.6 is 0 Å². The minimum Gasteiger partial charge on any atom is -0.468 e. The average Bonchev–Trinajstić information content (AvgIpc) is 3.04. The number of benzene rings is 1. The molecule has 1 aromatic rings. The van der Waals surface area contributed by atoms with Crippen molar-refractivity contribution < 1.29 is 18.9 Å². The van der Waals surface area contributed by atoms with Gasteiger partial charge in [-0.3, -0.25) is 0 Å². The third-order valence-corrected chi connectivity index (χ3v) is 7.68. The first-order valence-electron chi connectivity index (χ1n) is 11.2. The van der Waals surface area contributed by atoms with Crippen LogP contribution in [-0.2, 0) is 20.6 Å². The maximum Gasteiger partial charge on any atom is 0.189 e. The lowest BCUT2D eigenvalue weighted by Crippen LogP contribution is -2.44. The number of hydrogen-bond acceptors (Lipinski definition) is 4. The second-order valence-electron chi connectivity index (χ2n) is 8.92. The summed E-state index contributed by atoms with van der Waals surface area (Å²) in [6.07, 6.45) is 7.86. The molecule has 2 fully saturated rings. The topological polar surface area (TPSA) is 36.9 Å². The van der Waals surface area contributed by atoms with E-state index in [0.29, 0.717) is 37.6 Å². The lowest BCUT2D eigenvalue weighted by Gasteiger charge is -2.50. The van der Waals surface area contributed by atoms with Gasteiger partial charge in [-0.15, -0.1) is 0 Å². The zero-order valence-electron chi connectivity index (χ0n) is 17.7. The van der Waals surface area contributed by atoms with E-state index in [4.69, 9.17) is 18.9 Å². The van der Waals surface area contributed by atoms with Gasteiger partial charge in [-0.05, 0) is 98.8 Å². The highest BCUT2D eigenvalue weighted by atomic mass is 16.7. The van der Waals surface area contributed by atoms with Crippen LogP contribution in [0.15, 0.2) is 18.2 Å². The van der Waals surface area contributed by atoms with Gasteiger partial charge in [0, 0.05) is 13.2 Å².